The molecule has 0 unspecified atom stereocenters. The molecule has 0 saturated carbocycles. The Morgan fingerprint density at radius 2 is 1.97 bits per heavy atom. The van der Waals surface area contributed by atoms with Crippen LogP contribution >= 0.6 is 0 Å². The highest BCUT2D eigenvalue weighted by Gasteiger charge is 2.66. The topological polar surface area (TPSA) is 77.1 Å². The number of anilines is 1. The Hall–Kier alpha value is -3.32. The van der Waals surface area contributed by atoms with Crippen molar-refractivity contribution in [1.82, 2.24) is 4.90 Å². The molecule has 152 valence electrons. The lowest BCUT2D eigenvalue weighted by Crippen LogP contribution is -2.41. The van der Waals surface area contributed by atoms with Crippen molar-refractivity contribution in [2.75, 3.05) is 18.7 Å². The van der Waals surface area contributed by atoms with Crippen LogP contribution in [0.5, 0.6) is 11.5 Å². The van der Waals surface area contributed by atoms with Crippen LogP contribution in [0.1, 0.15) is 5.56 Å². The number of nitrogens with zero attached hydrogens (tertiary/aromatic N) is 1. The molecule has 1 N–H and O–H groups in total. The molecule has 0 aliphatic carbocycles. The van der Waals surface area contributed by atoms with Gasteiger partial charge in [-0.15, -0.1) is 0 Å². The smallest absolute Gasteiger partial charge is 0.231 e. The number of carbonyl (C=O) groups is 2. The summed E-state index contributed by atoms with van der Waals surface area (Å²) in [5.41, 5.74) is 0.940. The van der Waals surface area contributed by atoms with Gasteiger partial charge < -0.3 is 24.4 Å². The molecule has 2 amide bonds. The second-order valence-electron chi connectivity index (χ2n) is 8.14. The van der Waals surface area contributed by atoms with Gasteiger partial charge >= 0.3 is 0 Å². The monoisotopic (exact) mass is 404 g/mol. The molecule has 4 heterocycles. The molecule has 2 aromatic carbocycles. The van der Waals surface area contributed by atoms with Crippen LogP contribution < -0.4 is 14.8 Å². The van der Waals surface area contributed by atoms with Crippen molar-refractivity contribution in [2.45, 2.75) is 18.2 Å². The summed E-state index contributed by atoms with van der Waals surface area (Å²) in [6.07, 6.45) is 3.52. The maximum absolute atomic E-state index is 13.4. The van der Waals surface area contributed by atoms with Crippen LogP contribution in [-0.2, 0) is 20.9 Å². The maximum atomic E-state index is 13.4. The highest BCUT2D eigenvalue weighted by atomic mass is 16.7. The summed E-state index contributed by atoms with van der Waals surface area (Å²) in [7, 11) is 0. The Morgan fingerprint density at radius 3 is 2.83 bits per heavy atom. The molecule has 1 spiro atoms. The second kappa shape index (κ2) is 6.34. The molecule has 0 radical (unpaired) electrons. The molecule has 7 heteroatoms. The minimum atomic E-state index is -0.725. The van der Waals surface area contributed by atoms with Gasteiger partial charge in [0.25, 0.3) is 0 Å². The molecule has 6 rings (SSSR count). The van der Waals surface area contributed by atoms with Gasteiger partial charge in [-0.2, -0.15) is 0 Å². The lowest BCUT2D eigenvalue weighted by Gasteiger charge is -2.23. The third-order valence-electron chi connectivity index (χ3n) is 6.33. The predicted octanol–water partition coefficient (Wildman–Crippen LogP) is 2.34. The third kappa shape index (κ3) is 2.55. The average Bonchev–Trinajstić information content (AvgIpc) is 3.50. The zero-order valence-corrected chi connectivity index (χ0v) is 16.1. The minimum absolute atomic E-state index is 0.0484. The first-order valence-electron chi connectivity index (χ1n) is 10.0. The molecule has 4 aliphatic heterocycles. The summed E-state index contributed by atoms with van der Waals surface area (Å²) >= 11 is 0. The van der Waals surface area contributed by atoms with Crippen LogP contribution in [0.4, 0.5) is 5.69 Å². The van der Waals surface area contributed by atoms with Gasteiger partial charge in [0.2, 0.25) is 18.6 Å². The number of nitrogens with one attached hydrogen (secondary N) is 1. The lowest BCUT2D eigenvalue weighted by molar-refractivity contribution is -0.136. The molecule has 2 aromatic rings. The van der Waals surface area contributed by atoms with E-state index in [1.165, 1.54) is 0 Å². The Morgan fingerprint density at radius 1 is 1.13 bits per heavy atom. The Labute approximate surface area is 173 Å². The van der Waals surface area contributed by atoms with Crippen LogP contribution in [0.25, 0.3) is 0 Å². The number of fused-ring (bicyclic) bond motifs is 2. The number of hydrogen-bond donors (Lipinski definition) is 1. The van der Waals surface area contributed by atoms with E-state index in [2.05, 4.69) is 5.32 Å². The standard InChI is InChI=1S/C23H20N2O5/c26-21(24-15-4-2-1-3-5-15)19-17-8-9-23(30-17)12-25(22(27)20(19)23)11-14-6-7-16-18(10-14)29-13-28-16/h1-10,17,19-20H,11-13H2,(H,24,26)/t17-,19+,20+,23+/m1/s1. The molecule has 4 atom stereocenters. The molecule has 0 aromatic heterocycles. The van der Waals surface area contributed by atoms with Crippen LogP contribution in [0.15, 0.2) is 60.7 Å². The highest BCUT2D eigenvalue weighted by Crippen LogP contribution is 2.52. The van der Waals surface area contributed by atoms with E-state index in [0.29, 0.717) is 30.3 Å². The number of carbonyl (C=O) groups excluding carboxylic acids is 2. The quantitative estimate of drug-likeness (QED) is 0.792. The second-order valence-corrected chi connectivity index (χ2v) is 8.14. The molecular weight excluding hydrogens is 384 g/mol. The molecule has 2 saturated heterocycles. The molecule has 7 nitrogen and oxygen atoms in total. The Balaban J connectivity index is 1.24. The summed E-state index contributed by atoms with van der Waals surface area (Å²) < 4.78 is 17.0. The summed E-state index contributed by atoms with van der Waals surface area (Å²) in [5, 5.41) is 2.94. The number of para-hydroxylation sites is 1. The van der Waals surface area contributed by atoms with E-state index in [1.807, 2.05) is 60.7 Å². The fourth-order valence-corrected chi connectivity index (χ4v) is 5.02. The summed E-state index contributed by atoms with van der Waals surface area (Å²) in [5.74, 6) is 0.127. The van der Waals surface area contributed by atoms with E-state index in [0.717, 1.165) is 5.56 Å². The summed E-state index contributed by atoms with van der Waals surface area (Å²) in [4.78, 5) is 28.2. The zero-order valence-electron chi connectivity index (χ0n) is 16.1. The number of rotatable bonds is 4. The Bertz CT molecular complexity index is 1070. The van der Waals surface area contributed by atoms with E-state index in [9.17, 15) is 9.59 Å². The summed E-state index contributed by atoms with van der Waals surface area (Å²) in [6, 6.07) is 15.0. The first-order valence-corrected chi connectivity index (χ1v) is 10.0. The first-order chi connectivity index (χ1) is 14.6. The van der Waals surface area contributed by atoms with Gasteiger partial charge in [-0.05, 0) is 29.8 Å². The van der Waals surface area contributed by atoms with Crippen molar-refractivity contribution >= 4 is 17.5 Å². The van der Waals surface area contributed by atoms with E-state index < -0.39 is 17.4 Å². The van der Waals surface area contributed by atoms with Gasteiger partial charge in [0, 0.05) is 12.2 Å². The van der Waals surface area contributed by atoms with E-state index >= 15 is 0 Å². The average molecular weight is 404 g/mol. The van der Waals surface area contributed by atoms with Gasteiger partial charge in [-0.3, -0.25) is 9.59 Å². The molecule has 2 fully saturated rings. The van der Waals surface area contributed by atoms with Gasteiger partial charge in [-0.1, -0.05) is 36.4 Å². The molecule has 30 heavy (non-hydrogen) atoms. The predicted molar refractivity (Wildman–Crippen MR) is 107 cm³/mol. The van der Waals surface area contributed by atoms with Crippen LogP contribution in [-0.4, -0.2) is 41.8 Å². The largest absolute Gasteiger partial charge is 0.454 e. The van der Waals surface area contributed by atoms with Crippen molar-refractivity contribution in [3.63, 3.8) is 0 Å². The minimum Gasteiger partial charge on any atom is -0.454 e. The van der Waals surface area contributed by atoms with E-state index in [-0.39, 0.29) is 24.7 Å². The Kier molecular flexibility index (Phi) is 3.70. The SMILES string of the molecule is O=C(Nc1ccccc1)[C@@H]1[C@H]2C(=O)N(Cc3ccc4c(c3)OCO4)C[C@@]23C=C[C@H]1O3. The molecular formula is C23H20N2O5. The van der Waals surface area contributed by atoms with E-state index in [1.54, 1.807) is 4.90 Å². The van der Waals surface area contributed by atoms with Gasteiger partial charge in [0.15, 0.2) is 11.5 Å². The number of ether oxygens (including phenoxy) is 3. The normalized spacial score (nSPS) is 30.1. The van der Waals surface area contributed by atoms with Crippen molar-refractivity contribution in [2.24, 2.45) is 11.8 Å². The fourth-order valence-electron chi connectivity index (χ4n) is 5.02. The number of likely N-dealkylation sites (tertiary alicyclic amines) is 1. The van der Waals surface area contributed by atoms with Gasteiger partial charge in [-0.25, -0.2) is 0 Å². The van der Waals surface area contributed by atoms with E-state index in [4.69, 9.17) is 14.2 Å². The van der Waals surface area contributed by atoms with Crippen molar-refractivity contribution in [3.05, 3.63) is 66.2 Å². The third-order valence-corrected chi connectivity index (χ3v) is 6.33. The van der Waals surface area contributed by atoms with Crippen molar-refractivity contribution in [3.8, 4) is 11.5 Å². The highest BCUT2D eigenvalue weighted by molar-refractivity contribution is 5.99. The fraction of sp³-hybridized carbons (Fsp3) is 0.304. The molecule has 2 bridgehead atoms. The van der Waals surface area contributed by atoms with Crippen LogP contribution in [0.2, 0.25) is 0 Å². The number of amides is 2. The van der Waals surface area contributed by atoms with Gasteiger partial charge in [0.05, 0.1) is 24.5 Å². The van der Waals surface area contributed by atoms with Crippen LogP contribution in [0, 0.1) is 11.8 Å². The maximum Gasteiger partial charge on any atom is 0.231 e. The number of benzene rings is 2. The van der Waals surface area contributed by atoms with Crippen molar-refractivity contribution in [1.29, 1.82) is 0 Å². The van der Waals surface area contributed by atoms with Crippen molar-refractivity contribution < 1.29 is 23.8 Å². The summed E-state index contributed by atoms with van der Waals surface area (Å²) in [6.45, 7) is 1.08. The lowest BCUT2D eigenvalue weighted by atomic mass is 9.77. The van der Waals surface area contributed by atoms with Gasteiger partial charge in [0.1, 0.15) is 5.60 Å². The first kappa shape index (κ1) is 17.5. The molecule has 4 aliphatic rings. The van der Waals surface area contributed by atoms with Crippen LogP contribution in [0.3, 0.4) is 0 Å². The zero-order chi connectivity index (χ0) is 20.3. The number of hydrogen-bond acceptors (Lipinski definition) is 5.